The van der Waals surface area contributed by atoms with Crippen molar-refractivity contribution in [2.45, 2.75) is 39.8 Å². The van der Waals surface area contributed by atoms with Gasteiger partial charge in [-0.15, -0.1) is 0 Å². The monoisotopic (exact) mass is 557 g/mol. The van der Waals surface area contributed by atoms with Gasteiger partial charge in [0.25, 0.3) is 0 Å². The number of hydrogen-bond donors (Lipinski definition) is 1. The highest BCUT2D eigenvalue weighted by atomic mass is 35.5. The molecular weight excluding hydrogens is 525 g/mol. The number of hydrogen-bond acceptors (Lipinski definition) is 5. The molecule has 2 aromatic carbocycles. The second kappa shape index (κ2) is 13.2. The summed E-state index contributed by atoms with van der Waals surface area (Å²) in [6, 6.07) is 10.7. The van der Waals surface area contributed by atoms with Crippen molar-refractivity contribution in [3.8, 4) is 5.75 Å². The van der Waals surface area contributed by atoms with E-state index in [-0.39, 0.29) is 34.1 Å². The molecule has 0 aliphatic rings. The van der Waals surface area contributed by atoms with Crippen LogP contribution >= 0.6 is 23.2 Å². The van der Waals surface area contributed by atoms with Gasteiger partial charge in [-0.2, -0.15) is 0 Å². The molecular formula is C25H33Cl2N3O5S. The Hall–Kier alpha value is -2.49. The van der Waals surface area contributed by atoms with Crippen LogP contribution < -0.4 is 14.4 Å². The number of sulfonamides is 1. The van der Waals surface area contributed by atoms with Crippen molar-refractivity contribution in [2.75, 3.05) is 30.8 Å². The standard InChI is InChI=1S/C25H33Cl2N3O5S/c1-6-22(25(32)28-14-17(2)3)29(15-18-7-10-20(35-4)11-8-18)24(31)16-30(36(5,33)34)23-13-19(26)9-12-21(23)27/h7-13,17,22H,6,14-16H2,1-5H3,(H,28,32)/t22-/m0/s1. The number of ether oxygens (including phenoxy) is 1. The van der Waals surface area contributed by atoms with Crippen LogP contribution in [0.1, 0.15) is 32.8 Å². The first-order valence-corrected chi connectivity index (χ1v) is 14.1. The second-order valence-electron chi connectivity index (χ2n) is 8.80. The lowest BCUT2D eigenvalue weighted by molar-refractivity contribution is -0.140. The highest BCUT2D eigenvalue weighted by molar-refractivity contribution is 7.92. The quantitative estimate of drug-likeness (QED) is 0.418. The fraction of sp³-hybridized carbons (Fsp3) is 0.440. The number of benzene rings is 2. The predicted octanol–water partition coefficient (Wildman–Crippen LogP) is 4.35. The Balaban J connectivity index is 2.46. The SMILES string of the molecule is CC[C@@H](C(=O)NCC(C)C)N(Cc1ccc(OC)cc1)C(=O)CN(c1cc(Cl)ccc1Cl)S(C)(=O)=O. The lowest BCUT2D eigenvalue weighted by atomic mass is 10.1. The number of carbonyl (C=O) groups excluding carboxylic acids is 2. The largest absolute Gasteiger partial charge is 0.497 e. The Morgan fingerprint density at radius 2 is 1.72 bits per heavy atom. The molecule has 0 saturated carbocycles. The van der Waals surface area contributed by atoms with Gasteiger partial charge in [-0.25, -0.2) is 8.42 Å². The van der Waals surface area contributed by atoms with E-state index in [1.54, 1.807) is 38.3 Å². The number of nitrogens with one attached hydrogen (secondary N) is 1. The summed E-state index contributed by atoms with van der Waals surface area (Å²) in [6.45, 7) is 5.74. The summed E-state index contributed by atoms with van der Waals surface area (Å²) >= 11 is 12.3. The van der Waals surface area contributed by atoms with Crippen LogP contribution in [0.25, 0.3) is 0 Å². The molecule has 0 spiro atoms. The first kappa shape index (κ1) is 29.7. The Morgan fingerprint density at radius 1 is 1.08 bits per heavy atom. The molecule has 0 saturated heterocycles. The minimum Gasteiger partial charge on any atom is -0.497 e. The molecule has 0 radical (unpaired) electrons. The minimum absolute atomic E-state index is 0.0849. The molecule has 8 nitrogen and oxygen atoms in total. The Labute approximate surface area is 223 Å². The van der Waals surface area contributed by atoms with E-state index in [9.17, 15) is 18.0 Å². The van der Waals surface area contributed by atoms with Crippen molar-refractivity contribution < 1.29 is 22.7 Å². The molecule has 1 N–H and O–H groups in total. The van der Waals surface area contributed by atoms with Crippen LogP contribution in [-0.2, 0) is 26.2 Å². The van der Waals surface area contributed by atoms with Crippen LogP contribution in [0.4, 0.5) is 5.69 Å². The summed E-state index contributed by atoms with van der Waals surface area (Å²) in [4.78, 5) is 28.1. The van der Waals surface area contributed by atoms with E-state index in [0.717, 1.165) is 16.1 Å². The third-order valence-electron chi connectivity index (χ3n) is 5.44. The minimum atomic E-state index is -3.92. The Morgan fingerprint density at radius 3 is 2.25 bits per heavy atom. The molecule has 0 unspecified atom stereocenters. The molecule has 2 rings (SSSR count). The summed E-state index contributed by atoms with van der Waals surface area (Å²) in [6.07, 6.45) is 1.32. The number of methoxy groups -OCH3 is 1. The molecule has 0 aliphatic heterocycles. The van der Waals surface area contributed by atoms with Crippen LogP contribution in [0.15, 0.2) is 42.5 Å². The first-order chi connectivity index (χ1) is 16.9. The normalized spacial score (nSPS) is 12.2. The summed E-state index contributed by atoms with van der Waals surface area (Å²) in [5, 5.41) is 3.28. The summed E-state index contributed by atoms with van der Waals surface area (Å²) in [5.74, 6) is 0.0127. The van der Waals surface area contributed by atoms with E-state index in [0.29, 0.717) is 18.7 Å². The van der Waals surface area contributed by atoms with Crippen LogP contribution in [-0.4, -0.2) is 57.6 Å². The lowest BCUT2D eigenvalue weighted by Crippen LogP contribution is -2.52. The highest BCUT2D eigenvalue weighted by Gasteiger charge is 2.32. The van der Waals surface area contributed by atoms with Crippen molar-refractivity contribution in [1.82, 2.24) is 10.2 Å². The number of rotatable bonds is 12. The third kappa shape index (κ3) is 8.28. The van der Waals surface area contributed by atoms with Crippen molar-refractivity contribution in [2.24, 2.45) is 5.92 Å². The predicted molar refractivity (Wildman–Crippen MR) is 144 cm³/mol. The van der Waals surface area contributed by atoms with E-state index in [1.165, 1.54) is 23.1 Å². The van der Waals surface area contributed by atoms with E-state index in [1.807, 2.05) is 13.8 Å². The van der Waals surface area contributed by atoms with E-state index >= 15 is 0 Å². The van der Waals surface area contributed by atoms with Gasteiger partial charge in [0.15, 0.2) is 0 Å². The van der Waals surface area contributed by atoms with Gasteiger partial charge in [-0.05, 0) is 48.2 Å². The van der Waals surface area contributed by atoms with Gasteiger partial charge in [-0.3, -0.25) is 13.9 Å². The zero-order chi connectivity index (χ0) is 27.0. The van der Waals surface area contributed by atoms with E-state index in [4.69, 9.17) is 27.9 Å². The maximum absolute atomic E-state index is 13.7. The second-order valence-corrected chi connectivity index (χ2v) is 11.5. The number of nitrogens with zero attached hydrogens (tertiary/aromatic N) is 2. The maximum Gasteiger partial charge on any atom is 0.244 e. The molecule has 0 aliphatic carbocycles. The van der Waals surface area contributed by atoms with Crippen molar-refractivity contribution in [3.63, 3.8) is 0 Å². The Bertz CT molecular complexity index is 1160. The third-order valence-corrected chi connectivity index (χ3v) is 7.12. The summed E-state index contributed by atoms with van der Waals surface area (Å²) in [7, 11) is -2.36. The molecule has 2 aromatic rings. The highest BCUT2D eigenvalue weighted by Crippen LogP contribution is 2.31. The number of amides is 2. The summed E-state index contributed by atoms with van der Waals surface area (Å²) < 4.78 is 31.5. The molecule has 0 bridgehead atoms. The van der Waals surface area contributed by atoms with Gasteiger partial charge in [-0.1, -0.05) is 56.1 Å². The number of anilines is 1. The molecule has 0 aromatic heterocycles. The Kier molecular flexibility index (Phi) is 10.9. The number of halogens is 2. The first-order valence-electron chi connectivity index (χ1n) is 11.5. The van der Waals surface area contributed by atoms with Crippen LogP contribution in [0.3, 0.4) is 0 Å². The summed E-state index contributed by atoms with van der Waals surface area (Å²) in [5.41, 5.74) is 0.840. The molecule has 0 heterocycles. The van der Waals surface area contributed by atoms with Gasteiger partial charge >= 0.3 is 0 Å². The average molecular weight is 559 g/mol. The van der Waals surface area contributed by atoms with Gasteiger partial charge in [0, 0.05) is 18.1 Å². The zero-order valence-corrected chi connectivity index (χ0v) is 23.5. The van der Waals surface area contributed by atoms with Gasteiger partial charge in [0.05, 0.1) is 24.1 Å². The smallest absolute Gasteiger partial charge is 0.244 e. The number of carbonyl (C=O) groups is 2. The van der Waals surface area contributed by atoms with E-state index < -0.39 is 28.5 Å². The molecule has 36 heavy (non-hydrogen) atoms. The topological polar surface area (TPSA) is 96.0 Å². The molecule has 2 amide bonds. The van der Waals surface area contributed by atoms with Crippen molar-refractivity contribution in [1.29, 1.82) is 0 Å². The van der Waals surface area contributed by atoms with Gasteiger partial charge in [0.2, 0.25) is 21.8 Å². The fourth-order valence-electron chi connectivity index (χ4n) is 3.54. The molecule has 198 valence electrons. The van der Waals surface area contributed by atoms with Crippen LogP contribution in [0.5, 0.6) is 5.75 Å². The lowest BCUT2D eigenvalue weighted by Gasteiger charge is -2.33. The molecule has 11 heteroatoms. The zero-order valence-electron chi connectivity index (χ0n) is 21.1. The maximum atomic E-state index is 13.7. The van der Waals surface area contributed by atoms with Crippen LogP contribution in [0.2, 0.25) is 10.0 Å². The molecule has 1 atom stereocenters. The van der Waals surface area contributed by atoms with Crippen molar-refractivity contribution in [3.05, 3.63) is 58.1 Å². The average Bonchev–Trinajstić information content (AvgIpc) is 2.82. The molecule has 0 fully saturated rings. The van der Waals surface area contributed by atoms with Crippen LogP contribution in [0, 0.1) is 5.92 Å². The van der Waals surface area contributed by atoms with Gasteiger partial charge < -0.3 is 15.0 Å². The van der Waals surface area contributed by atoms with Crippen molar-refractivity contribution >= 4 is 50.7 Å². The van der Waals surface area contributed by atoms with Gasteiger partial charge in [0.1, 0.15) is 18.3 Å². The van der Waals surface area contributed by atoms with E-state index in [2.05, 4.69) is 5.32 Å². The fourth-order valence-corrected chi connectivity index (χ4v) is 4.83.